The standard InChI is InChI=1S/C17H28N2O4/c1-17(2,3)19-11-14(20)12-23-15-7-5-13(6-8-15)9-10-18-16(21)22-4/h5-8,14,19-20H,9-12H2,1-4H3,(H,18,21). The summed E-state index contributed by atoms with van der Waals surface area (Å²) in [5.41, 5.74) is 1.06. The number of aliphatic hydroxyl groups is 1. The summed E-state index contributed by atoms with van der Waals surface area (Å²) in [6.45, 7) is 7.40. The lowest BCUT2D eigenvalue weighted by Crippen LogP contribution is -2.42. The fourth-order valence-electron chi connectivity index (χ4n) is 1.81. The molecule has 1 unspecified atom stereocenters. The topological polar surface area (TPSA) is 79.8 Å². The second kappa shape index (κ2) is 9.37. The van der Waals surface area contributed by atoms with Crippen LogP contribution in [0.4, 0.5) is 4.79 Å². The zero-order chi connectivity index (χ0) is 17.3. The van der Waals surface area contributed by atoms with E-state index in [9.17, 15) is 9.90 Å². The van der Waals surface area contributed by atoms with Crippen molar-refractivity contribution in [2.45, 2.75) is 38.8 Å². The number of amides is 1. The number of nitrogens with one attached hydrogen (secondary N) is 2. The third kappa shape index (κ3) is 9.05. The summed E-state index contributed by atoms with van der Waals surface area (Å²) in [4.78, 5) is 10.9. The third-order valence-electron chi connectivity index (χ3n) is 3.10. The van der Waals surface area contributed by atoms with Gasteiger partial charge >= 0.3 is 6.09 Å². The summed E-state index contributed by atoms with van der Waals surface area (Å²) in [6, 6.07) is 7.59. The number of ether oxygens (including phenoxy) is 2. The molecule has 1 aromatic rings. The van der Waals surface area contributed by atoms with Crippen LogP contribution in [0.5, 0.6) is 5.75 Å². The number of carbonyl (C=O) groups is 1. The first-order valence-electron chi connectivity index (χ1n) is 7.77. The van der Waals surface area contributed by atoms with Crippen LogP contribution in [0.25, 0.3) is 0 Å². The van der Waals surface area contributed by atoms with Crippen molar-refractivity contribution < 1.29 is 19.4 Å². The Labute approximate surface area is 138 Å². The fourth-order valence-corrected chi connectivity index (χ4v) is 1.81. The van der Waals surface area contributed by atoms with Gasteiger partial charge in [0.05, 0.1) is 7.11 Å². The lowest BCUT2D eigenvalue weighted by molar-refractivity contribution is 0.100. The van der Waals surface area contributed by atoms with Gasteiger partial charge in [0.15, 0.2) is 0 Å². The van der Waals surface area contributed by atoms with Gasteiger partial charge in [0.1, 0.15) is 18.5 Å². The Morgan fingerprint density at radius 1 is 1.26 bits per heavy atom. The average molecular weight is 324 g/mol. The minimum absolute atomic E-state index is 0.0269. The molecule has 0 aliphatic heterocycles. The highest BCUT2D eigenvalue weighted by Crippen LogP contribution is 2.13. The van der Waals surface area contributed by atoms with Gasteiger partial charge in [-0.15, -0.1) is 0 Å². The van der Waals surface area contributed by atoms with Crippen molar-refractivity contribution in [3.63, 3.8) is 0 Å². The average Bonchev–Trinajstić information content (AvgIpc) is 2.51. The van der Waals surface area contributed by atoms with E-state index in [4.69, 9.17) is 4.74 Å². The van der Waals surface area contributed by atoms with Crippen molar-refractivity contribution in [2.75, 3.05) is 26.8 Å². The quantitative estimate of drug-likeness (QED) is 0.678. The summed E-state index contributed by atoms with van der Waals surface area (Å²) in [6.07, 6.45) is -0.269. The number of rotatable bonds is 8. The van der Waals surface area contributed by atoms with Gasteiger partial charge in [0.2, 0.25) is 0 Å². The van der Waals surface area contributed by atoms with Crippen LogP contribution in [0, 0.1) is 0 Å². The van der Waals surface area contributed by atoms with E-state index in [1.54, 1.807) is 0 Å². The van der Waals surface area contributed by atoms with Crippen LogP contribution < -0.4 is 15.4 Å². The largest absolute Gasteiger partial charge is 0.491 e. The normalized spacial score (nSPS) is 12.6. The molecule has 6 heteroatoms. The molecule has 130 valence electrons. The monoisotopic (exact) mass is 324 g/mol. The maximum atomic E-state index is 10.9. The van der Waals surface area contributed by atoms with Crippen LogP contribution in [-0.2, 0) is 11.2 Å². The molecule has 0 bridgehead atoms. The Hall–Kier alpha value is -1.79. The van der Waals surface area contributed by atoms with Gasteiger partial charge in [-0.05, 0) is 44.9 Å². The third-order valence-corrected chi connectivity index (χ3v) is 3.10. The first-order chi connectivity index (χ1) is 10.8. The highest BCUT2D eigenvalue weighted by atomic mass is 16.5. The van der Waals surface area contributed by atoms with Crippen molar-refractivity contribution in [1.29, 1.82) is 0 Å². The number of aliphatic hydroxyl groups excluding tert-OH is 1. The van der Waals surface area contributed by atoms with Gasteiger partial charge < -0.3 is 25.2 Å². The minimum Gasteiger partial charge on any atom is -0.491 e. The predicted octanol–water partition coefficient (Wildman–Crippen LogP) is 1.71. The van der Waals surface area contributed by atoms with Gasteiger partial charge in [-0.3, -0.25) is 0 Å². The Bertz CT molecular complexity index is 468. The molecule has 0 spiro atoms. The summed E-state index contributed by atoms with van der Waals surface area (Å²) in [7, 11) is 1.34. The summed E-state index contributed by atoms with van der Waals surface area (Å²) in [5.74, 6) is 0.712. The van der Waals surface area contributed by atoms with E-state index in [0.717, 1.165) is 5.56 Å². The van der Waals surface area contributed by atoms with Crippen LogP contribution in [0.15, 0.2) is 24.3 Å². The van der Waals surface area contributed by atoms with Crippen molar-refractivity contribution in [1.82, 2.24) is 10.6 Å². The second-order valence-electron chi connectivity index (χ2n) is 6.41. The molecule has 0 radical (unpaired) electrons. The van der Waals surface area contributed by atoms with Crippen molar-refractivity contribution in [2.24, 2.45) is 0 Å². The van der Waals surface area contributed by atoms with Gasteiger partial charge in [0, 0.05) is 18.6 Å². The van der Waals surface area contributed by atoms with E-state index in [0.29, 0.717) is 25.3 Å². The molecule has 1 atom stereocenters. The minimum atomic E-state index is -0.557. The molecular weight excluding hydrogens is 296 g/mol. The number of carbonyl (C=O) groups excluding carboxylic acids is 1. The van der Waals surface area contributed by atoms with Crippen LogP contribution in [-0.4, -0.2) is 49.6 Å². The Morgan fingerprint density at radius 3 is 2.48 bits per heavy atom. The molecule has 0 aromatic heterocycles. The smallest absolute Gasteiger partial charge is 0.406 e. The molecule has 6 nitrogen and oxygen atoms in total. The molecule has 23 heavy (non-hydrogen) atoms. The van der Waals surface area contributed by atoms with Crippen LogP contribution in [0.2, 0.25) is 0 Å². The molecule has 0 aliphatic carbocycles. The second-order valence-corrected chi connectivity index (χ2v) is 6.41. The fraction of sp³-hybridized carbons (Fsp3) is 0.588. The highest BCUT2D eigenvalue weighted by molar-refractivity contribution is 5.66. The maximum Gasteiger partial charge on any atom is 0.406 e. The molecule has 1 aromatic carbocycles. The number of hydrogen-bond acceptors (Lipinski definition) is 5. The first-order valence-corrected chi connectivity index (χ1v) is 7.77. The summed E-state index contributed by atoms with van der Waals surface area (Å²) >= 11 is 0. The maximum absolute atomic E-state index is 10.9. The molecule has 0 saturated carbocycles. The van der Waals surface area contributed by atoms with Crippen molar-refractivity contribution >= 4 is 6.09 Å². The van der Waals surface area contributed by atoms with E-state index >= 15 is 0 Å². The SMILES string of the molecule is COC(=O)NCCc1ccc(OCC(O)CNC(C)(C)C)cc1. The van der Waals surface area contributed by atoms with Gasteiger partial charge in [-0.2, -0.15) is 0 Å². The van der Waals surface area contributed by atoms with Crippen LogP contribution in [0.3, 0.4) is 0 Å². The predicted molar refractivity (Wildman–Crippen MR) is 89.8 cm³/mol. The highest BCUT2D eigenvalue weighted by Gasteiger charge is 2.12. The molecule has 0 heterocycles. The Morgan fingerprint density at radius 2 is 1.91 bits per heavy atom. The lowest BCUT2D eigenvalue weighted by atomic mass is 10.1. The Balaban J connectivity index is 2.29. The molecule has 1 amide bonds. The van der Waals surface area contributed by atoms with E-state index in [-0.39, 0.29) is 12.1 Å². The summed E-state index contributed by atoms with van der Waals surface area (Å²) in [5, 5.41) is 15.7. The van der Waals surface area contributed by atoms with E-state index < -0.39 is 12.2 Å². The van der Waals surface area contributed by atoms with E-state index in [1.807, 2.05) is 45.0 Å². The number of methoxy groups -OCH3 is 1. The lowest BCUT2D eigenvalue weighted by Gasteiger charge is -2.23. The zero-order valence-corrected chi connectivity index (χ0v) is 14.4. The molecular formula is C17H28N2O4. The molecule has 3 N–H and O–H groups in total. The van der Waals surface area contributed by atoms with Gasteiger partial charge in [-0.1, -0.05) is 12.1 Å². The molecule has 0 saturated heterocycles. The van der Waals surface area contributed by atoms with Gasteiger partial charge in [-0.25, -0.2) is 4.79 Å². The van der Waals surface area contributed by atoms with Gasteiger partial charge in [0.25, 0.3) is 0 Å². The zero-order valence-electron chi connectivity index (χ0n) is 14.4. The molecule has 0 aliphatic rings. The number of benzene rings is 1. The summed E-state index contributed by atoms with van der Waals surface area (Å²) < 4.78 is 10.1. The molecule has 1 rings (SSSR count). The van der Waals surface area contributed by atoms with Crippen molar-refractivity contribution in [3.8, 4) is 5.75 Å². The number of hydrogen-bond donors (Lipinski definition) is 3. The van der Waals surface area contributed by atoms with Crippen molar-refractivity contribution in [3.05, 3.63) is 29.8 Å². The first kappa shape index (κ1) is 19.3. The van der Waals surface area contributed by atoms with Crippen LogP contribution >= 0.6 is 0 Å². The van der Waals surface area contributed by atoms with Crippen LogP contribution in [0.1, 0.15) is 26.3 Å². The Kier molecular flexibility index (Phi) is 7.85. The van der Waals surface area contributed by atoms with E-state index in [1.165, 1.54) is 7.11 Å². The number of β-amino-alcohol motifs (C(OH)–C–C–N with tert-alkyl or cyclic N) is 1. The number of alkyl carbamates (subject to hydrolysis) is 1. The molecule has 0 fully saturated rings. The van der Waals surface area contributed by atoms with E-state index in [2.05, 4.69) is 15.4 Å².